The lowest BCUT2D eigenvalue weighted by Gasteiger charge is -2.30. The smallest absolute Gasteiger partial charge is 0.225 e. The van der Waals surface area contributed by atoms with E-state index in [2.05, 4.69) is 70.1 Å². The van der Waals surface area contributed by atoms with Crippen molar-refractivity contribution >= 4 is 33.4 Å². The molecule has 3 aromatic carbocycles. The van der Waals surface area contributed by atoms with Crippen molar-refractivity contribution in [2.24, 2.45) is 0 Å². The third-order valence-electron chi connectivity index (χ3n) is 6.53. The van der Waals surface area contributed by atoms with E-state index < -0.39 is 0 Å². The van der Waals surface area contributed by atoms with Crippen LogP contribution < -0.4 is 15.5 Å². The number of nitrogens with zero attached hydrogens (tertiary/aromatic N) is 3. The Kier molecular flexibility index (Phi) is 5.91. The highest BCUT2D eigenvalue weighted by atomic mass is 15.2. The fourth-order valence-corrected chi connectivity index (χ4v) is 4.79. The van der Waals surface area contributed by atoms with E-state index in [1.165, 1.54) is 16.3 Å². The summed E-state index contributed by atoms with van der Waals surface area (Å²) in [5, 5.41) is 11.2. The number of anilines is 2. The number of para-hydroxylation sites is 1. The summed E-state index contributed by atoms with van der Waals surface area (Å²) in [6, 6.07) is 24.4. The Bertz CT molecular complexity index is 1210. The average Bonchev–Trinajstić information content (AvgIpc) is 2.83. The van der Waals surface area contributed by atoms with Crippen molar-refractivity contribution in [3.8, 4) is 0 Å². The lowest BCUT2D eigenvalue weighted by molar-refractivity contribution is 0.352. The van der Waals surface area contributed by atoms with Crippen molar-refractivity contribution in [1.29, 1.82) is 0 Å². The van der Waals surface area contributed by atoms with E-state index >= 15 is 0 Å². The van der Waals surface area contributed by atoms with Gasteiger partial charge >= 0.3 is 0 Å². The van der Waals surface area contributed by atoms with Gasteiger partial charge in [-0.2, -0.15) is 4.98 Å². The number of hydrogen-bond donors (Lipinski definition) is 2. The number of benzene rings is 3. The molecule has 164 valence electrons. The standard InChI is InChI=1S/C27H31N5/c1-32(2)26-24-12-5-6-13-25(24)30-27(31-26)29-22-16-14-21(15-17-22)28-18-20-10-7-9-19-8-3-4-11-23(19)20/h3-13,21-22,28H,14-18H2,1-2H3,(H,29,30,31)/t21-,22+. The van der Waals surface area contributed by atoms with E-state index in [1.54, 1.807) is 0 Å². The van der Waals surface area contributed by atoms with Crippen molar-refractivity contribution in [1.82, 2.24) is 15.3 Å². The van der Waals surface area contributed by atoms with Crippen molar-refractivity contribution in [2.45, 2.75) is 44.3 Å². The summed E-state index contributed by atoms with van der Waals surface area (Å²) in [6.07, 6.45) is 4.58. The Morgan fingerprint density at radius 2 is 1.47 bits per heavy atom. The van der Waals surface area contributed by atoms with Gasteiger partial charge in [0.05, 0.1) is 5.52 Å². The molecule has 0 amide bonds. The number of aromatic nitrogens is 2. The number of nitrogens with one attached hydrogen (secondary N) is 2. The molecule has 1 aliphatic carbocycles. The van der Waals surface area contributed by atoms with Crippen LogP contribution in [0.5, 0.6) is 0 Å². The molecular weight excluding hydrogens is 394 g/mol. The normalized spacial score (nSPS) is 18.7. The molecule has 1 aromatic heterocycles. The molecule has 1 saturated carbocycles. The van der Waals surface area contributed by atoms with Crippen LogP contribution in [-0.2, 0) is 6.54 Å². The zero-order valence-electron chi connectivity index (χ0n) is 18.9. The molecule has 0 spiro atoms. The second-order valence-corrected chi connectivity index (χ2v) is 8.99. The second-order valence-electron chi connectivity index (χ2n) is 8.99. The summed E-state index contributed by atoms with van der Waals surface area (Å²) in [5.41, 5.74) is 2.36. The van der Waals surface area contributed by atoms with Crippen molar-refractivity contribution in [3.63, 3.8) is 0 Å². The van der Waals surface area contributed by atoms with Gasteiger partial charge in [-0.3, -0.25) is 0 Å². The molecule has 5 nitrogen and oxygen atoms in total. The molecule has 0 aliphatic heterocycles. The van der Waals surface area contributed by atoms with Gasteiger partial charge in [-0.25, -0.2) is 4.98 Å². The number of hydrogen-bond acceptors (Lipinski definition) is 5. The first kappa shape index (κ1) is 20.7. The van der Waals surface area contributed by atoms with Gasteiger partial charge in [0.15, 0.2) is 0 Å². The summed E-state index contributed by atoms with van der Waals surface area (Å²) in [6.45, 7) is 0.921. The molecule has 0 radical (unpaired) electrons. The maximum absolute atomic E-state index is 4.81. The molecule has 1 fully saturated rings. The Labute approximate surface area is 189 Å². The molecule has 32 heavy (non-hydrogen) atoms. The highest BCUT2D eigenvalue weighted by Crippen LogP contribution is 2.27. The first-order chi connectivity index (χ1) is 15.7. The lowest BCUT2D eigenvalue weighted by Crippen LogP contribution is -2.37. The Morgan fingerprint density at radius 3 is 2.28 bits per heavy atom. The van der Waals surface area contributed by atoms with Crippen LogP contribution in [-0.4, -0.2) is 36.1 Å². The first-order valence-corrected chi connectivity index (χ1v) is 11.6. The molecule has 0 atom stereocenters. The predicted octanol–water partition coefficient (Wildman–Crippen LogP) is 5.36. The molecule has 4 aromatic rings. The zero-order chi connectivity index (χ0) is 21.9. The average molecular weight is 426 g/mol. The van der Waals surface area contributed by atoms with Gasteiger partial charge in [-0.1, -0.05) is 54.6 Å². The molecule has 0 saturated heterocycles. The van der Waals surface area contributed by atoms with Crippen molar-refractivity contribution in [3.05, 3.63) is 72.3 Å². The fraction of sp³-hybridized carbons (Fsp3) is 0.333. The van der Waals surface area contributed by atoms with E-state index in [1.807, 2.05) is 26.2 Å². The van der Waals surface area contributed by atoms with Gasteiger partial charge < -0.3 is 15.5 Å². The topological polar surface area (TPSA) is 53.1 Å². The van der Waals surface area contributed by atoms with Gasteiger partial charge in [0.2, 0.25) is 5.95 Å². The van der Waals surface area contributed by atoms with Gasteiger partial charge in [-0.15, -0.1) is 0 Å². The van der Waals surface area contributed by atoms with Crippen LogP contribution in [0.2, 0.25) is 0 Å². The molecule has 1 heterocycles. The highest BCUT2D eigenvalue weighted by Gasteiger charge is 2.22. The third-order valence-corrected chi connectivity index (χ3v) is 6.53. The first-order valence-electron chi connectivity index (χ1n) is 11.6. The minimum atomic E-state index is 0.418. The van der Waals surface area contributed by atoms with Crippen LogP contribution in [0.1, 0.15) is 31.2 Å². The summed E-state index contributed by atoms with van der Waals surface area (Å²) in [7, 11) is 4.07. The van der Waals surface area contributed by atoms with Crippen LogP contribution in [0.15, 0.2) is 66.7 Å². The predicted molar refractivity (Wildman–Crippen MR) is 134 cm³/mol. The van der Waals surface area contributed by atoms with Crippen LogP contribution in [0.25, 0.3) is 21.7 Å². The SMILES string of the molecule is CN(C)c1nc(N[C@H]2CC[C@@H](NCc3cccc4ccccc34)CC2)nc2ccccc12. The van der Waals surface area contributed by atoms with Crippen LogP contribution in [0, 0.1) is 0 Å². The quantitative estimate of drug-likeness (QED) is 0.435. The summed E-state index contributed by atoms with van der Waals surface area (Å²) >= 11 is 0. The monoisotopic (exact) mass is 425 g/mol. The van der Waals surface area contributed by atoms with Gasteiger partial charge in [0.1, 0.15) is 5.82 Å². The zero-order valence-corrected chi connectivity index (χ0v) is 18.9. The Morgan fingerprint density at radius 1 is 0.781 bits per heavy atom. The van der Waals surface area contributed by atoms with Crippen LogP contribution >= 0.6 is 0 Å². The summed E-state index contributed by atoms with van der Waals surface area (Å²) < 4.78 is 0. The van der Waals surface area contributed by atoms with Crippen LogP contribution in [0.4, 0.5) is 11.8 Å². The minimum absolute atomic E-state index is 0.418. The molecule has 5 heteroatoms. The van der Waals surface area contributed by atoms with E-state index in [0.717, 1.165) is 54.9 Å². The van der Waals surface area contributed by atoms with Gasteiger partial charge in [0, 0.05) is 38.1 Å². The van der Waals surface area contributed by atoms with E-state index in [4.69, 9.17) is 9.97 Å². The fourth-order valence-electron chi connectivity index (χ4n) is 4.79. The van der Waals surface area contributed by atoms with Crippen LogP contribution in [0.3, 0.4) is 0 Å². The second kappa shape index (κ2) is 9.13. The molecular formula is C27H31N5. The maximum Gasteiger partial charge on any atom is 0.225 e. The summed E-state index contributed by atoms with van der Waals surface area (Å²) in [5.74, 6) is 1.70. The number of rotatable bonds is 6. The van der Waals surface area contributed by atoms with Gasteiger partial charge in [0.25, 0.3) is 0 Å². The molecule has 0 bridgehead atoms. The van der Waals surface area contributed by atoms with Crippen molar-refractivity contribution in [2.75, 3.05) is 24.3 Å². The molecule has 5 rings (SSSR count). The minimum Gasteiger partial charge on any atom is -0.362 e. The maximum atomic E-state index is 4.81. The Balaban J connectivity index is 1.20. The molecule has 0 unspecified atom stereocenters. The number of fused-ring (bicyclic) bond motifs is 2. The van der Waals surface area contributed by atoms with E-state index in [9.17, 15) is 0 Å². The van der Waals surface area contributed by atoms with E-state index in [0.29, 0.717) is 12.1 Å². The summed E-state index contributed by atoms with van der Waals surface area (Å²) in [4.78, 5) is 11.6. The van der Waals surface area contributed by atoms with Gasteiger partial charge in [-0.05, 0) is 54.2 Å². The molecule has 2 N–H and O–H groups in total. The highest BCUT2D eigenvalue weighted by molar-refractivity contribution is 5.90. The van der Waals surface area contributed by atoms with E-state index in [-0.39, 0.29) is 0 Å². The lowest BCUT2D eigenvalue weighted by atomic mass is 9.91. The third kappa shape index (κ3) is 4.39. The molecule has 1 aliphatic rings. The Hall–Kier alpha value is -3.18. The largest absolute Gasteiger partial charge is 0.362 e. The van der Waals surface area contributed by atoms with Crippen molar-refractivity contribution < 1.29 is 0 Å².